The van der Waals surface area contributed by atoms with Crippen molar-refractivity contribution in [1.82, 2.24) is 14.8 Å². The summed E-state index contributed by atoms with van der Waals surface area (Å²) in [6.45, 7) is 8.34. The molecule has 0 saturated heterocycles. The van der Waals surface area contributed by atoms with Gasteiger partial charge in [0, 0.05) is 12.6 Å². The van der Waals surface area contributed by atoms with Gasteiger partial charge in [0.15, 0.2) is 17.1 Å². The van der Waals surface area contributed by atoms with Crippen molar-refractivity contribution in [2.45, 2.75) is 57.2 Å². The van der Waals surface area contributed by atoms with E-state index in [1.54, 1.807) is 0 Å². The fourth-order valence-electron chi connectivity index (χ4n) is 3.25. The number of halogens is 3. The van der Waals surface area contributed by atoms with Gasteiger partial charge in [-0.05, 0) is 55.7 Å². The molecule has 3 aromatic rings. The Morgan fingerprint density at radius 3 is 2.35 bits per heavy atom. The van der Waals surface area contributed by atoms with Crippen molar-refractivity contribution in [3.63, 3.8) is 0 Å². The summed E-state index contributed by atoms with van der Waals surface area (Å²) in [6.07, 6.45) is -0.0292. The van der Waals surface area contributed by atoms with Gasteiger partial charge in [0.05, 0.1) is 10.9 Å². The molecule has 2 unspecified atom stereocenters. The van der Waals surface area contributed by atoms with Crippen molar-refractivity contribution in [1.29, 1.82) is 0 Å². The third-order valence-corrected chi connectivity index (χ3v) is 6.23. The first kappa shape index (κ1) is 25.6. The number of amides is 1. The number of carbonyl (C=O) groups is 1. The van der Waals surface area contributed by atoms with E-state index in [1.807, 2.05) is 32.3 Å². The molecule has 0 fully saturated rings. The van der Waals surface area contributed by atoms with Crippen LogP contribution in [0.5, 0.6) is 5.75 Å². The SMILES string of the molecule is CCC(Sc1nnc(C(C)Oc2ccc(F)cc2)n1CC(C)C)C(=O)Nc1ccc(F)cc1F. The minimum atomic E-state index is -0.842. The minimum Gasteiger partial charge on any atom is -0.483 e. The van der Waals surface area contributed by atoms with Crippen LogP contribution in [0.4, 0.5) is 18.9 Å². The maximum absolute atomic E-state index is 14.0. The van der Waals surface area contributed by atoms with Crippen LogP contribution in [0.1, 0.15) is 46.0 Å². The van der Waals surface area contributed by atoms with Crippen LogP contribution in [-0.2, 0) is 11.3 Å². The van der Waals surface area contributed by atoms with Gasteiger partial charge in [-0.1, -0.05) is 32.5 Å². The molecule has 2 atom stereocenters. The van der Waals surface area contributed by atoms with Crippen molar-refractivity contribution in [3.8, 4) is 5.75 Å². The van der Waals surface area contributed by atoms with Crippen molar-refractivity contribution in [3.05, 3.63) is 65.7 Å². The molecule has 3 rings (SSSR count). The number of hydrogen-bond acceptors (Lipinski definition) is 5. The van der Waals surface area contributed by atoms with Gasteiger partial charge in [-0.25, -0.2) is 13.2 Å². The number of nitrogens with one attached hydrogen (secondary N) is 1. The summed E-state index contributed by atoms with van der Waals surface area (Å²) in [7, 11) is 0. The molecular weight excluding hydrogens is 465 g/mol. The van der Waals surface area contributed by atoms with Crippen LogP contribution >= 0.6 is 11.8 Å². The molecule has 2 aromatic carbocycles. The van der Waals surface area contributed by atoms with E-state index in [0.29, 0.717) is 29.7 Å². The van der Waals surface area contributed by atoms with Gasteiger partial charge in [0.1, 0.15) is 23.2 Å². The highest BCUT2D eigenvalue weighted by atomic mass is 32.2. The van der Waals surface area contributed by atoms with Gasteiger partial charge in [-0.15, -0.1) is 10.2 Å². The Kier molecular flexibility index (Phi) is 8.60. The highest BCUT2D eigenvalue weighted by Gasteiger charge is 2.26. The molecule has 0 radical (unpaired) electrons. The number of anilines is 1. The predicted molar refractivity (Wildman–Crippen MR) is 125 cm³/mol. The quantitative estimate of drug-likeness (QED) is 0.352. The van der Waals surface area contributed by atoms with Crippen molar-refractivity contribution in [2.75, 3.05) is 5.32 Å². The largest absolute Gasteiger partial charge is 0.483 e. The van der Waals surface area contributed by atoms with Crippen LogP contribution in [0.2, 0.25) is 0 Å². The second-order valence-electron chi connectivity index (χ2n) is 8.19. The van der Waals surface area contributed by atoms with E-state index in [-0.39, 0.29) is 17.4 Å². The number of thioether (sulfide) groups is 1. The molecule has 6 nitrogen and oxygen atoms in total. The number of aromatic nitrogens is 3. The lowest BCUT2D eigenvalue weighted by Crippen LogP contribution is -2.26. The summed E-state index contributed by atoms with van der Waals surface area (Å²) >= 11 is 1.22. The number of benzene rings is 2. The zero-order chi connectivity index (χ0) is 24.8. The van der Waals surface area contributed by atoms with E-state index in [0.717, 1.165) is 12.1 Å². The predicted octanol–water partition coefficient (Wildman–Crippen LogP) is 6.00. The van der Waals surface area contributed by atoms with Gasteiger partial charge < -0.3 is 14.6 Å². The van der Waals surface area contributed by atoms with Gasteiger partial charge in [-0.2, -0.15) is 0 Å². The Bertz CT molecular complexity index is 1120. The number of nitrogens with zero attached hydrogens (tertiary/aromatic N) is 3. The zero-order valence-corrected chi connectivity index (χ0v) is 20.2. The molecule has 1 N–H and O–H groups in total. The molecule has 0 aliphatic carbocycles. The third kappa shape index (κ3) is 6.53. The van der Waals surface area contributed by atoms with Crippen LogP contribution in [-0.4, -0.2) is 25.9 Å². The molecule has 0 spiro atoms. The van der Waals surface area contributed by atoms with E-state index in [1.165, 1.54) is 42.1 Å². The van der Waals surface area contributed by atoms with Crippen LogP contribution < -0.4 is 10.1 Å². The van der Waals surface area contributed by atoms with Crippen LogP contribution in [0.25, 0.3) is 0 Å². The number of ether oxygens (including phenoxy) is 1. The first-order valence-corrected chi connectivity index (χ1v) is 11.8. The second-order valence-corrected chi connectivity index (χ2v) is 9.36. The van der Waals surface area contributed by atoms with Crippen LogP contribution in [0.3, 0.4) is 0 Å². The maximum atomic E-state index is 14.0. The monoisotopic (exact) mass is 492 g/mol. The minimum absolute atomic E-state index is 0.0869. The third-order valence-electron chi connectivity index (χ3n) is 4.88. The Morgan fingerprint density at radius 2 is 1.74 bits per heavy atom. The molecule has 0 aliphatic heterocycles. The fourth-order valence-corrected chi connectivity index (χ4v) is 4.22. The molecule has 182 valence electrons. The lowest BCUT2D eigenvalue weighted by molar-refractivity contribution is -0.115. The van der Waals surface area contributed by atoms with Crippen LogP contribution in [0.15, 0.2) is 47.6 Å². The lowest BCUT2D eigenvalue weighted by atomic mass is 10.2. The normalized spacial score (nSPS) is 13.1. The van der Waals surface area contributed by atoms with E-state index in [4.69, 9.17) is 4.74 Å². The lowest BCUT2D eigenvalue weighted by Gasteiger charge is -2.19. The van der Waals surface area contributed by atoms with Crippen molar-refractivity contribution >= 4 is 23.4 Å². The zero-order valence-electron chi connectivity index (χ0n) is 19.4. The number of carbonyl (C=O) groups excluding carboxylic acids is 1. The molecule has 10 heteroatoms. The molecule has 1 heterocycles. The molecule has 0 bridgehead atoms. The summed E-state index contributed by atoms with van der Waals surface area (Å²) in [5.74, 6) is -1.02. The summed E-state index contributed by atoms with van der Waals surface area (Å²) < 4.78 is 48.2. The summed E-state index contributed by atoms with van der Waals surface area (Å²) in [5, 5.41) is 11.0. The molecule has 34 heavy (non-hydrogen) atoms. The standard InChI is InChI=1S/C24H27F3N4O2S/c1-5-21(23(32)28-20-11-8-17(26)12-19(20)27)34-24-30-29-22(31(24)13-14(2)3)15(4)33-18-9-6-16(25)7-10-18/h6-12,14-15,21H,5,13H2,1-4H3,(H,28,32). The van der Waals surface area contributed by atoms with E-state index in [2.05, 4.69) is 15.5 Å². The molecule has 1 aromatic heterocycles. The van der Waals surface area contributed by atoms with Gasteiger partial charge in [-0.3, -0.25) is 4.79 Å². The van der Waals surface area contributed by atoms with Gasteiger partial charge in [0.25, 0.3) is 0 Å². The van der Waals surface area contributed by atoms with Crippen molar-refractivity contribution in [2.24, 2.45) is 5.92 Å². The fraction of sp³-hybridized carbons (Fsp3) is 0.375. The van der Waals surface area contributed by atoms with Gasteiger partial charge in [0.2, 0.25) is 5.91 Å². The number of rotatable bonds is 10. The average molecular weight is 493 g/mol. The van der Waals surface area contributed by atoms with Crippen LogP contribution in [0, 0.1) is 23.4 Å². The smallest absolute Gasteiger partial charge is 0.238 e. The summed E-state index contributed by atoms with van der Waals surface area (Å²) in [6, 6.07) is 8.70. The van der Waals surface area contributed by atoms with E-state index < -0.39 is 28.9 Å². The van der Waals surface area contributed by atoms with Gasteiger partial charge >= 0.3 is 0 Å². The molecule has 0 saturated carbocycles. The highest BCUT2D eigenvalue weighted by Crippen LogP contribution is 2.30. The Morgan fingerprint density at radius 1 is 1.06 bits per heavy atom. The van der Waals surface area contributed by atoms with E-state index in [9.17, 15) is 18.0 Å². The Balaban J connectivity index is 1.79. The van der Waals surface area contributed by atoms with E-state index >= 15 is 0 Å². The number of hydrogen-bond donors (Lipinski definition) is 1. The maximum Gasteiger partial charge on any atom is 0.238 e. The first-order valence-electron chi connectivity index (χ1n) is 11.0. The topological polar surface area (TPSA) is 69.0 Å². The molecular formula is C24H27F3N4O2S. The second kappa shape index (κ2) is 11.4. The highest BCUT2D eigenvalue weighted by molar-refractivity contribution is 8.00. The Labute approximate surface area is 200 Å². The Hall–Kier alpha value is -3.01. The molecule has 1 amide bonds. The molecule has 0 aliphatic rings. The summed E-state index contributed by atoms with van der Waals surface area (Å²) in [5.41, 5.74) is -0.0869. The first-order chi connectivity index (χ1) is 16.2. The summed E-state index contributed by atoms with van der Waals surface area (Å²) in [4.78, 5) is 12.8. The van der Waals surface area contributed by atoms with Crippen molar-refractivity contribution < 1.29 is 22.7 Å². The average Bonchev–Trinajstić information content (AvgIpc) is 3.17.